The molecular formula is C22H30N4O. The van der Waals surface area contributed by atoms with Crippen molar-refractivity contribution < 1.29 is 4.79 Å². The van der Waals surface area contributed by atoms with Gasteiger partial charge in [0.15, 0.2) is 0 Å². The zero-order chi connectivity index (χ0) is 18.5. The first kappa shape index (κ1) is 18.2. The highest BCUT2D eigenvalue weighted by Gasteiger charge is 2.41. The highest BCUT2D eigenvalue weighted by atomic mass is 16.2. The fourth-order valence-corrected chi connectivity index (χ4v) is 4.75. The van der Waals surface area contributed by atoms with Crippen molar-refractivity contribution in [2.75, 3.05) is 32.7 Å². The molecule has 0 saturated carbocycles. The summed E-state index contributed by atoms with van der Waals surface area (Å²) < 4.78 is 0. The molecule has 1 N–H and O–H groups in total. The van der Waals surface area contributed by atoms with E-state index < -0.39 is 0 Å². The smallest absolute Gasteiger partial charge is 0.222 e. The lowest BCUT2D eigenvalue weighted by atomic mass is 9.73. The molecule has 5 heteroatoms. The molecular weight excluding hydrogens is 336 g/mol. The maximum atomic E-state index is 12.5. The van der Waals surface area contributed by atoms with Crippen LogP contribution in [0.25, 0.3) is 0 Å². The largest absolute Gasteiger partial charge is 0.348 e. The molecule has 0 radical (unpaired) electrons. The third-order valence-corrected chi connectivity index (χ3v) is 6.25. The fourth-order valence-electron chi connectivity index (χ4n) is 4.75. The molecule has 144 valence electrons. The van der Waals surface area contributed by atoms with E-state index in [1.807, 2.05) is 6.20 Å². The predicted molar refractivity (Wildman–Crippen MR) is 106 cm³/mol. The standard InChI is InChI=1S/C22H30N4O/c27-21-7-11-22(17-26(21)14-9-20-15-23-18-24-20)10-4-12-25(16-22)13-8-19-5-2-1-3-6-19/h1-3,5-6,15,18H,4,7-14,16-17H2,(H,23,24)/t22-/m0/s1. The first-order chi connectivity index (χ1) is 13.2. The van der Waals surface area contributed by atoms with E-state index in [1.54, 1.807) is 6.33 Å². The number of hydrogen-bond acceptors (Lipinski definition) is 3. The molecule has 1 aromatic carbocycles. The van der Waals surface area contributed by atoms with Gasteiger partial charge in [0, 0.05) is 56.3 Å². The molecule has 1 amide bonds. The normalized spacial score (nSPS) is 23.9. The van der Waals surface area contributed by atoms with Crippen LogP contribution < -0.4 is 0 Å². The van der Waals surface area contributed by atoms with Crippen molar-refractivity contribution in [2.24, 2.45) is 5.41 Å². The summed E-state index contributed by atoms with van der Waals surface area (Å²) in [5.74, 6) is 0.321. The van der Waals surface area contributed by atoms with Gasteiger partial charge in [0.25, 0.3) is 0 Å². The highest BCUT2D eigenvalue weighted by Crippen LogP contribution is 2.38. The summed E-state index contributed by atoms with van der Waals surface area (Å²) in [5.41, 5.74) is 2.81. The number of carbonyl (C=O) groups excluding carboxylic acids is 1. The molecule has 4 rings (SSSR count). The minimum Gasteiger partial charge on any atom is -0.348 e. The van der Waals surface area contributed by atoms with E-state index in [2.05, 4.69) is 50.1 Å². The molecule has 0 unspecified atom stereocenters. The van der Waals surface area contributed by atoms with Crippen molar-refractivity contribution in [3.8, 4) is 0 Å². The number of carbonyl (C=O) groups is 1. The lowest BCUT2D eigenvalue weighted by Crippen LogP contribution is -2.54. The van der Waals surface area contributed by atoms with Crippen LogP contribution >= 0.6 is 0 Å². The summed E-state index contributed by atoms with van der Waals surface area (Å²) in [6.07, 6.45) is 9.79. The molecule has 1 spiro atoms. The number of rotatable bonds is 6. The van der Waals surface area contributed by atoms with E-state index in [1.165, 1.54) is 24.9 Å². The minimum atomic E-state index is 0.289. The van der Waals surface area contributed by atoms with E-state index >= 15 is 0 Å². The molecule has 2 aromatic rings. The topological polar surface area (TPSA) is 52.2 Å². The molecule has 1 atom stereocenters. The van der Waals surface area contributed by atoms with Gasteiger partial charge in [-0.3, -0.25) is 4.79 Å². The zero-order valence-corrected chi connectivity index (χ0v) is 16.1. The van der Waals surface area contributed by atoms with Crippen molar-refractivity contribution in [2.45, 2.75) is 38.5 Å². The third-order valence-electron chi connectivity index (χ3n) is 6.25. The van der Waals surface area contributed by atoms with Crippen LogP contribution in [0.5, 0.6) is 0 Å². The number of hydrogen-bond donors (Lipinski definition) is 1. The summed E-state index contributed by atoms with van der Waals surface area (Å²) in [5, 5.41) is 0. The Labute approximate surface area is 161 Å². The van der Waals surface area contributed by atoms with E-state index in [-0.39, 0.29) is 5.41 Å². The van der Waals surface area contributed by atoms with Crippen molar-refractivity contribution in [3.63, 3.8) is 0 Å². The summed E-state index contributed by atoms with van der Waals surface area (Å²) in [6, 6.07) is 10.8. The van der Waals surface area contributed by atoms with Gasteiger partial charge in [-0.1, -0.05) is 30.3 Å². The van der Waals surface area contributed by atoms with Gasteiger partial charge in [-0.25, -0.2) is 4.98 Å². The number of aromatic nitrogens is 2. The van der Waals surface area contributed by atoms with Crippen molar-refractivity contribution in [3.05, 3.63) is 54.1 Å². The quantitative estimate of drug-likeness (QED) is 0.855. The van der Waals surface area contributed by atoms with Gasteiger partial charge in [-0.2, -0.15) is 0 Å². The Kier molecular flexibility index (Phi) is 5.58. The lowest BCUT2D eigenvalue weighted by Gasteiger charge is -2.48. The first-order valence-corrected chi connectivity index (χ1v) is 10.2. The number of H-pyrrole nitrogens is 1. The van der Waals surface area contributed by atoms with Gasteiger partial charge >= 0.3 is 0 Å². The zero-order valence-electron chi connectivity index (χ0n) is 16.1. The Balaban J connectivity index is 1.34. The summed E-state index contributed by atoms with van der Waals surface area (Å²) >= 11 is 0. The highest BCUT2D eigenvalue weighted by molar-refractivity contribution is 5.77. The van der Waals surface area contributed by atoms with Gasteiger partial charge in [0.05, 0.1) is 6.33 Å². The van der Waals surface area contributed by atoms with Crippen molar-refractivity contribution in [1.82, 2.24) is 19.8 Å². The SMILES string of the molecule is O=C1CC[C@]2(CCCN(CCc3ccccc3)C2)CN1CCc1cnc[nH]1. The van der Waals surface area contributed by atoms with Gasteiger partial charge in [0.2, 0.25) is 5.91 Å². The third kappa shape index (κ3) is 4.59. The monoisotopic (exact) mass is 366 g/mol. The van der Waals surface area contributed by atoms with Gasteiger partial charge in [-0.05, 0) is 37.8 Å². The van der Waals surface area contributed by atoms with E-state index in [4.69, 9.17) is 0 Å². The number of amides is 1. The van der Waals surface area contributed by atoms with Crippen LogP contribution in [0.4, 0.5) is 0 Å². The molecule has 1 aromatic heterocycles. The number of benzene rings is 1. The predicted octanol–water partition coefficient (Wildman–Crippen LogP) is 2.90. The lowest BCUT2D eigenvalue weighted by molar-refractivity contribution is -0.139. The Morgan fingerprint density at radius 1 is 1.07 bits per heavy atom. The summed E-state index contributed by atoms with van der Waals surface area (Å²) in [7, 11) is 0. The molecule has 2 fully saturated rings. The number of nitrogens with zero attached hydrogens (tertiary/aromatic N) is 3. The second-order valence-corrected chi connectivity index (χ2v) is 8.26. The van der Waals surface area contributed by atoms with Crippen molar-refractivity contribution in [1.29, 1.82) is 0 Å². The van der Waals surface area contributed by atoms with Crippen LogP contribution in [0.15, 0.2) is 42.9 Å². The number of likely N-dealkylation sites (tertiary alicyclic amines) is 2. The Morgan fingerprint density at radius 2 is 1.96 bits per heavy atom. The molecule has 0 bridgehead atoms. The average molecular weight is 367 g/mol. The second-order valence-electron chi connectivity index (χ2n) is 8.26. The molecule has 2 saturated heterocycles. The number of nitrogens with one attached hydrogen (secondary N) is 1. The Bertz CT molecular complexity index is 730. The van der Waals surface area contributed by atoms with Crippen molar-refractivity contribution >= 4 is 5.91 Å². The molecule has 3 heterocycles. The maximum absolute atomic E-state index is 12.5. The molecule has 2 aliphatic rings. The maximum Gasteiger partial charge on any atom is 0.222 e. The van der Waals surface area contributed by atoms with Crippen LogP contribution in [0.3, 0.4) is 0 Å². The molecule has 27 heavy (non-hydrogen) atoms. The van der Waals surface area contributed by atoms with Crippen LogP contribution in [-0.4, -0.2) is 58.4 Å². The van der Waals surface area contributed by atoms with Crippen LogP contribution in [0, 0.1) is 5.41 Å². The van der Waals surface area contributed by atoms with Crippen LogP contribution in [0.2, 0.25) is 0 Å². The van der Waals surface area contributed by atoms with Gasteiger partial charge in [0.1, 0.15) is 0 Å². The summed E-state index contributed by atoms with van der Waals surface area (Å²) in [6.45, 7) is 5.16. The van der Waals surface area contributed by atoms with Gasteiger partial charge < -0.3 is 14.8 Å². The number of piperidine rings is 2. The van der Waals surface area contributed by atoms with Crippen LogP contribution in [-0.2, 0) is 17.6 Å². The van der Waals surface area contributed by atoms with E-state index in [0.717, 1.165) is 51.1 Å². The number of imidazole rings is 1. The summed E-state index contributed by atoms with van der Waals surface area (Å²) in [4.78, 5) is 24.4. The molecule has 0 aliphatic carbocycles. The fraction of sp³-hybridized carbons (Fsp3) is 0.545. The van der Waals surface area contributed by atoms with Gasteiger partial charge in [-0.15, -0.1) is 0 Å². The Hall–Kier alpha value is -2.14. The molecule has 5 nitrogen and oxygen atoms in total. The first-order valence-electron chi connectivity index (χ1n) is 10.2. The second kappa shape index (κ2) is 8.26. The van der Waals surface area contributed by atoms with E-state index in [0.29, 0.717) is 12.3 Å². The minimum absolute atomic E-state index is 0.289. The number of aromatic amines is 1. The van der Waals surface area contributed by atoms with E-state index in [9.17, 15) is 4.79 Å². The average Bonchev–Trinajstić information content (AvgIpc) is 3.22. The molecule has 2 aliphatic heterocycles. The Morgan fingerprint density at radius 3 is 2.78 bits per heavy atom. The van der Waals surface area contributed by atoms with Crippen LogP contribution in [0.1, 0.15) is 36.9 Å².